The van der Waals surface area contributed by atoms with Crippen LogP contribution in [-0.4, -0.2) is 15.3 Å². The fourth-order valence-corrected chi connectivity index (χ4v) is 1.20. The van der Waals surface area contributed by atoms with Crippen molar-refractivity contribution in [2.75, 3.05) is 11.1 Å². The predicted octanol–water partition coefficient (Wildman–Crippen LogP) is 2.17. The highest BCUT2D eigenvalue weighted by atomic mass is 79.9. The summed E-state index contributed by atoms with van der Waals surface area (Å²) in [6, 6.07) is 0. The molecule has 0 saturated heterocycles. The maximum absolute atomic E-state index is 5.43. The van der Waals surface area contributed by atoms with Crippen LogP contribution in [0.15, 0.2) is 12.3 Å². The zero-order valence-corrected chi connectivity index (χ0v) is 9.08. The summed E-state index contributed by atoms with van der Waals surface area (Å²) in [6.07, 6.45) is 6.83. The Morgan fingerprint density at radius 1 is 1.62 bits per heavy atom. The molecule has 13 heavy (non-hydrogen) atoms. The number of anilines is 1. The summed E-state index contributed by atoms with van der Waals surface area (Å²) in [6.45, 7) is 1.92. The van der Waals surface area contributed by atoms with Gasteiger partial charge in [0, 0.05) is 17.1 Å². The van der Waals surface area contributed by atoms with Crippen molar-refractivity contribution in [3.8, 4) is 0 Å². The lowest BCUT2D eigenvalue weighted by Gasteiger charge is -1.98. The monoisotopic (exact) mass is 241 g/mol. The first-order valence-corrected chi connectivity index (χ1v) is 5.18. The van der Waals surface area contributed by atoms with Crippen molar-refractivity contribution in [2.45, 2.75) is 13.3 Å². The first-order valence-electron chi connectivity index (χ1n) is 4.05. The lowest BCUT2D eigenvalue weighted by Crippen LogP contribution is -1.97. The normalized spacial score (nSPS) is 10.9. The van der Waals surface area contributed by atoms with E-state index in [2.05, 4.69) is 32.0 Å². The number of nitrogens with two attached hydrogens (primary N) is 1. The Hall–Kier alpha value is -0.900. The summed E-state index contributed by atoms with van der Waals surface area (Å²) in [5, 5.41) is 0.971. The van der Waals surface area contributed by atoms with Gasteiger partial charge >= 0.3 is 0 Å². The maximum atomic E-state index is 5.43. The zero-order valence-electron chi connectivity index (χ0n) is 7.50. The van der Waals surface area contributed by atoms with E-state index in [0.717, 1.165) is 23.0 Å². The van der Waals surface area contributed by atoms with Gasteiger partial charge in [-0.25, -0.2) is 9.97 Å². The molecule has 0 spiro atoms. The fraction of sp³-hybridized carbons (Fsp3) is 0.333. The van der Waals surface area contributed by atoms with Gasteiger partial charge in [-0.3, -0.25) is 0 Å². The average molecular weight is 242 g/mol. The van der Waals surface area contributed by atoms with Gasteiger partial charge in [-0.1, -0.05) is 28.1 Å². The van der Waals surface area contributed by atoms with E-state index in [1.807, 2.05) is 13.0 Å². The van der Waals surface area contributed by atoms with Crippen LogP contribution in [0.3, 0.4) is 0 Å². The van der Waals surface area contributed by atoms with Crippen molar-refractivity contribution >= 4 is 28.0 Å². The highest BCUT2D eigenvalue weighted by Gasteiger charge is 1.96. The molecule has 0 aliphatic rings. The van der Waals surface area contributed by atoms with E-state index >= 15 is 0 Å². The molecule has 0 atom stereocenters. The van der Waals surface area contributed by atoms with Gasteiger partial charge in [-0.15, -0.1) is 0 Å². The molecule has 1 aromatic rings. The second kappa shape index (κ2) is 4.97. The number of nitrogens with zero attached hydrogens (tertiary/aromatic N) is 2. The van der Waals surface area contributed by atoms with Crippen LogP contribution < -0.4 is 5.73 Å². The third-order valence-corrected chi connectivity index (χ3v) is 2.07. The molecule has 1 aromatic heterocycles. The number of nitrogen functional groups attached to an aromatic ring is 1. The molecular weight excluding hydrogens is 230 g/mol. The number of aryl methyl sites for hydroxylation is 1. The minimum absolute atomic E-state index is 0.329. The lowest BCUT2D eigenvalue weighted by molar-refractivity contribution is 1.11. The van der Waals surface area contributed by atoms with Crippen LogP contribution in [-0.2, 0) is 0 Å². The van der Waals surface area contributed by atoms with Gasteiger partial charge in [-0.2, -0.15) is 0 Å². The Morgan fingerprint density at radius 2 is 2.38 bits per heavy atom. The number of aromatic nitrogens is 2. The molecule has 0 unspecified atom stereocenters. The Bertz CT molecular complexity index is 310. The first kappa shape index (κ1) is 10.2. The van der Waals surface area contributed by atoms with Crippen LogP contribution in [0.5, 0.6) is 0 Å². The minimum Gasteiger partial charge on any atom is -0.368 e. The van der Waals surface area contributed by atoms with Crippen LogP contribution in [0.4, 0.5) is 5.95 Å². The third kappa shape index (κ3) is 3.14. The summed E-state index contributed by atoms with van der Waals surface area (Å²) in [5.74, 6) is 0.329. The molecule has 3 nitrogen and oxygen atoms in total. The van der Waals surface area contributed by atoms with Crippen molar-refractivity contribution in [1.29, 1.82) is 0 Å². The van der Waals surface area contributed by atoms with E-state index in [9.17, 15) is 0 Å². The SMILES string of the molecule is Cc1nc(N)ncc1C=CCCBr. The molecule has 0 amide bonds. The van der Waals surface area contributed by atoms with Crippen LogP contribution in [0, 0.1) is 6.92 Å². The highest BCUT2D eigenvalue weighted by Crippen LogP contribution is 2.07. The number of alkyl halides is 1. The smallest absolute Gasteiger partial charge is 0.220 e. The number of rotatable bonds is 3. The van der Waals surface area contributed by atoms with Crippen molar-refractivity contribution in [3.05, 3.63) is 23.5 Å². The number of hydrogen-bond donors (Lipinski definition) is 1. The topological polar surface area (TPSA) is 51.8 Å². The molecule has 0 radical (unpaired) electrons. The molecule has 2 N–H and O–H groups in total. The van der Waals surface area contributed by atoms with Gasteiger partial charge in [0.1, 0.15) is 0 Å². The largest absolute Gasteiger partial charge is 0.368 e. The van der Waals surface area contributed by atoms with Crippen LogP contribution in [0.1, 0.15) is 17.7 Å². The molecule has 0 saturated carbocycles. The first-order chi connectivity index (χ1) is 6.24. The molecule has 0 fully saturated rings. The Balaban J connectivity index is 2.77. The molecule has 1 heterocycles. The van der Waals surface area contributed by atoms with E-state index in [-0.39, 0.29) is 0 Å². The molecule has 0 bridgehead atoms. The quantitative estimate of drug-likeness (QED) is 0.826. The summed E-state index contributed by atoms with van der Waals surface area (Å²) in [7, 11) is 0. The fourth-order valence-electron chi connectivity index (χ4n) is 0.931. The van der Waals surface area contributed by atoms with E-state index in [1.54, 1.807) is 6.20 Å². The van der Waals surface area contributed by atoms with E-state index in [0.29, 0.717) is 5.95 Å². The molecule has 0 aliphatic carbocycles. The Morgan fingerprint density at radius 3 is 3.00 bits per heavy atom. The van der Waals surface area contributed by atoms with Crippen molar-refractivity contribution in [2.24, 2.45) is 0 Å². The molecule has 1 rings (SSSR count). The van der Waals surface area contributed by atoms with Crippen LogP contribution >= 0.6 is 15.9 Å². The second-order valence-electron chi connectivity index (χ2n) is 2.65. The number of allylic oxidation sites excluding steroid dienone is 1. The highest BCUT2D eigenvalue weighted by molar-refractivity contribution is 9.09. The maximum Gasteiger partial charge on any atom is 0.220 e. The molecular formula is C9H12BrN3. The van der Waals surface area contributed by atoms with Crippen molar-refractivity contribution in [1.82, 2.24) is 9.97 Å². The van der Waals surface area contributed by atoms with Crippen LogP contribution in [0.2, 0.25) is 0 Å². The Kier molecular flexibility index (Phi) is 3.89. The van der Waals surface area contributed by atoms with Crippen LogP contribution in [0.25, 0.3) is 6.08 Å². The zero-order chi connectivity index (χ0) is 9.68. The Labute approximate surface area is 86.2 Å². The van der Waals surface area contributed by atoms with Crippen molar-refractivity contribution in [3.63, 3.8) is 0 Å². The van der Waals surface area contributed by atoms with Gasteiger partial charge in [-0.05, 0) is 13.3 Å². The van der Waals surface area contributed by atoms with Gasteiger partial charge in [0.15, 0.2) is 0 Å². The number of hydrogen-bond acceptors (Lipinski definition) is 3. The number of halogens is 1. The molecule has 4 heteroatoms. The predicted molar refractivity (Wildman–Crippen MR) is 58.6 cm³/mol. The third-order valence-electron chi connectivity index (χ3n) is 1.61. The molecule has 0 aliphatic heterocycles. The lowest BCUT2D eigenvalue weighted by atomic mass is 10.2. The van der Waals surface area contributed by atoms with Gasteiger partial charge in [0.05, 0.1) is 5.69 Å². The summed E-state index contributed by atoms with van der Waals surface area (Å²) in [4.78, 5) is 7.98. The minimum atomic E-state index is 0.329. The van der Waals surface area contributed by atoms with E-state index in [4.69, 9.17) is 5.73 Å². The van der Waals surface area contributed by atoms with Gasteiger partial charge < -0.3 is 5.73 Å². The average Bonchev–Trinajstić information content (AvgIpc) is 2.09. The van der Waals surface area contributed by atoms with Gasteiger partial charge in [0.2, 0.25) is 5.95 Å². The second-order valence-corrected chi connectivity index (χ2v) is 3.44. The van der Waals surface area contributed by atoms with Gasteiger partial charge in [0.25, 0.3) is 0 Å². The standard InChI is InChI=1S/C9H12BrN3/c1-7-8(4-2-3-5-10)6-12-9(11)13-7/h2,4,6H,3,5H2,1H3,(H2,11,12,13). The molecule has 70 valence electrons. The summed E-state index contributed by atoms with van der Waals surface area (Å²) in [5.41, 5.74) is 7.37. The van der Waals surface area contributed by atoms with E-state index in [1.165, 1.54) is 0 Å². The molecule has 0 aromatic carbocycles. The van der Waals surface area contributed by atoms with E-state index < -0.39 is 0 Å². The summed E-state index contributed by atoms with van der Waals surface area (Å²) >= 11 is 3.35. The van der Waals surface area contributed by atoms with Crippen molar-refractivity contribution < 1.29 is 0 Å². The summed E-state index contributed by atoms with van der Waals surface area (Å²) < 4.78 is 0.